The summed E-state index contributed by atoms with van der Waals surface area (Å²) >= 11 is 5.77. The molecule has 6 heteroatoms. The minimum atomic E-state index is 0.201. The molecule has 1 N–H and O–H groups in total. The third kappa shape index (κ3) is 5.59. The average Bonchev–Trinajstić information content (AvgIpc) is 3.22. The van der Waals surface area contributed by atoms with Gasteiger partial charge < -0.3 is 24.4 Å². The van der Waals surface area contributed by atoms with Crippen molar-refractivity contribution >= 4 is 23.0 Å². The molecule has 1 aliphatic heterocycles. The van der Waals surface area contributed by atoms with Crippen LogP contribution in [-0.4, -0.2) is 43.0 Å². The van der Waals surface area contributed by atoms with Gasteiger partial charge in [-0.25, -0.2) is 0 Å². The van der Waals surface area contributed by atoms with Gasteiger partial charge in [-0.1, -0.05) is 24.3 Å². The second-order valence-electron chi connectivity index (χ2n) is 6.73. The molecule has 2 aromatic rings. The molecular weight excluding hydrogens is 372 g/mol. The number of hydrogen-bond donors (Lipinski definition) is 1. The van der Waals surface area contributed by atoms with Crippen LogP contribution < -0.4 is 14.8 Å². The lowest BCUT2D eigenvalue weighted by Crippen LogP contribution is -2.39. The van der Waals surface area contributed by atoms with E-state index in [9.17, 15) is 0 Å². The molecule has 0 amide bonds. The lowest BCUT2D eigenvalue weighted by atomic mass is 10.2. The molecule has 28 heavy (non-hydrogen) atoms. The van der Waals surface area contributed by atoms with E-state index in [2.05, 4.69) is 16.3 Å². The Hall–Kier alpha value is -2.31. The van der Waals surface area contributed by atoms with E-state index in [0.717, 1.165) is 48.7 Å². The summed E-state index contributed by atoms with van der Waals surface area (Å²) in [6.45, 7) is 4.83. The van der Waals surface area contributed by atoms with Gasteiger partial charge in [0.15, 0.2) is 5.11 Å². The van der Waals surface area contributed by atoms with Crippen molar-refractivity contribution < 1.29 is 14.2 Å². The number of hydrogen-bond acceptors (Lipinski definition) is 4. The van der Waals surface area contributed by atoms with E-state index in [1.165, 1.54) is 0 Å². The van der Waals surface area contributed by atoms with Crippen LogP contribution in [0.3, 0.4) is 0 Å². The highest BCUT2D eigenvalue weighted by Crippen LogP contribution is 2.25. The number of nitrogens with zero attached hydrogens (tertiary/aromatic N) is 1. The first-order chi connectivity index (χ1) is 13.7. The molecule has 0 bridgehead atoms. The summed E-state index contributed by atoms with van der Waals surface area (Å²) in [5, 5.41) is 4.02. The fraction of sp³-hybridized carbons (Fsp3) is 0.409. The molecule has 1 aliphatic rings. The van der Waals surface area contributed by atoms with Crippen molar-refractivity contribution in [1.29, 1.82) is 0 Å². The molecule has 1 saturated heterocycles. The highest BCUT2D eigenvalue weighted by molar-refractivity contribution is 7.80. The molecule has 0 radical (unpaired) electrons. The third-order valence-electron chi connectivity index (χ3n) is 4.67. The molecule has 1 atom stereocenters. The van der Waals surface area contributed by atoms with Crippen molar-refractivity contribution in [3.8, 4) is 11.5 Å². The van der Waals surface area contributed by atoms with E-state index >= 15 is 0 Å². The van der Waals surface area contributed by atoms with Crippen LogP contribution in [0.15, 0.2) is 48.5 Å². The number of methoxy groups -OCH3 is 1. The molecule has 150 valence electrons. The molecule has 2 aromatic carbocycles. The topological polar surface area (TPSA) is 43.0 Å². The molecule has 3 rings (SSSR count). The van der Waals surface area contributed by atoms with E-state index in [4.69, 9.17) is 26.4 Å². The van der Waals surface area contributed by atoms with Gasteiger partial charge in [0.05, 0.1) is 25.5 Å². The van der Waals surface area contributed by atoms with Gasteiger partial charge in [-0.05, 0) is 61.8 Å². The second kappa shape index (κ2) is 10.3. The number of benzene rings is 2. The van der Waals surface area contributed by atoms with Gasteiger partial charge >= 0.3 is 0 Å². The van der Waals surface area contributed by atoms with Crippen molar-refractivity contribution in [3.05, 3.63) is 54.1 Å². The van der Waals surface area contributed by atoms with E-state index in [1.54, 1.807) is 7.11 Å². The summed E-state index contributed by atoms with van der Waals surface area (Å²) in [4.78, 5) is 2.16. The smallest absolute Gasteiger partial charge is 0.173 e. The van der Waals surface area contributed by atoms with Crippen LogP contribution >= 0.6 is 12.2 Å². The second-order valence-corrected chi connectivity index (χ2v) is 7.11. The Morgan fingerprint density at radius 1 is 1.25 bits per heavy atom. The average molecular weight is 401 g/mol. The monoisotopic (exact) mass is 400 g/mol. The zero-order chi connectivity index (χ0) is 19.8. The number of para-hydroxylation sites is 2. The molecule has 1 unspecified atom stereocenters. The minimum Gasteiger partial charge on any atom is -0.497 e. The number of ether oxygens (including phenoxy) is 3. The highest BCUT2D eigenvalue weighted by Gasteiger charge is 2.22. The summed E-state index contributed by atoms with van der Waals surface area (Å²) in [7, 11) is 1.68. The van der Waals surface area contributed by atoms with Crippen LogP contribution in [0.25, 0.3) is 0 Å². The van der Waals surface area contributed by atoms with E-state index < -0.39 is 0 Å². The molecule has 0 saturated carbocycles. The third-order valence-corrected chi connectivity index (χ3v) is 5.03. The number of nitrogens with one attached hydrogen (secondary N) is 1. The van der Waals surface area contributed by atoms with E-state index in [-0.39, 0.29) is 6.10 Å². The van der Waals surface area contributed by atoms with Crippen LogP contribution in [0.2, 0.25) is 0 Å². The molecule has 1 fully saturated rings. The summed E-state index contributed by atoms with van der Waals surface area (Å²) in [5.41, 5.74) is 2.01. The van der Waals surface area contributed by atoms with Gasteiger partial charge in [-0.15, -0.1) is 0 Å². The quantitative estimate of drug-likeness (QED) is 0.660. The molecule has 0 aromatic heterocycles. The van der Waals surface area contributed by atoms with Crippen molar-refractivity contribution in [1.82, 2.24) is 4.90 Å². The first-order valence-electron chi connectivity index (χ1n) is 9.72. The SMILES string of the molecule is CCOc1ccccc1NC(=S)N(Cc1cccc(OC)c1)CC1CCCO1. The summed E-state index contributed by atoms with van der Waals surface area (Å²) in [6, 6.07) is 15.9. The normalized spacial score (nSPS) is 15.9. The van der Waals surface area contributed by atoms with Gasteiger partial charge in [0.25, 0.3) is 0 Å². The number of rotatable bonds is 8. The molecule has 0 aliphatic carbocycles. The van der Waals surface area contributed by atoms with Crippen LogP contribution in [0.4, 0.5) is 5.69 Å². The molecule has 5 nitrogen and oxygen atoms in total. The Balaban J connectivity index is 1.76. The highest BCUT2D eigenvalue weighted by atomic mass is 32.1. The Labute approximate surface area is 172 Å². The Morgan fingerprint density at radius 3 is 2.86 bits per heavy atom. The number of anilines is 1. The van der Waals surface area contributed by atoms with Gasteiger partial charge in [0.2, 0.25) is 0 Å². The van der Waals surface area contributed by atoms with Gasteiger partial charge in [0.1, 0.15) is 11.5 Å². The first-order valence-corrected chi connectivity index (χ1v) is 10.1. The molecule has 1 heterocycles. The van der Waals surface area contributed by atoms with Crippen LogP contribution in [0, 0.1) is 0 Å². The minimum absolute atomic E-state index is 0.201. The van der Waals surface area contributed by atoms with Crippen molar-refractivity contribution in [2.45, 2.75) is 32.4 Å². The maximum atomic E-state index is 5.85. The molecular formula is C22H28N2O3S. The maximum Gasteiger partial charge on any atom is 0.173 e. The summed E-state index contributed by atoms with van der Waals surface area (Å²) in [5.74, 6) is 1.64. The predicted octanol–water partition coefficient (Wildman–Crippen LogP) is 4.47. The zero-order valence-corrected chi connectivity index (χ0v) is 17.3. The van der Waals surface area contributed by atoms with Crippen molar-refractivity contribution in [2.24, 2.45) is 0 Å². The standard InChI is InChI=1S/C22H28N2O3S/c1-3-26-21-12-5-4-11-20(21)23-22(28)24(16-19-10-7-13-27-19)15-17-8-6-9-18(14-17)25-2/h4-6,8-9,11-12,14,19H,3,7,10,13,15-16H2,1-2H3,(H,23,28). The predicted molar refractivity (Wildman–Crippen MR) is 116 cm³/mol. The largest absolute Gasteiger partial charge is 0.497 e. The zero-order valence-electron chi connectivity index (χ0n) is 16.5. The van der Waals surface area contributed by atoms with E-state index in [1.807, 2.05) is 49.4 Å². The van der Waals surface area contributed by atoms with E-state index in [0.29, 0.717) is 18.3 Å². The lowest BCUT2D eigenvalue weighted by molar-refractivity contribution is 0.0905. The van der Waals surface area contributed by atoms with Crippen LogP contribution in [0.1, 0.15) is 25.3 Å². The van der Waals surface area contributed by atoms with Gasteiger partial charge in [-0.3, -0.25) is 0 Å². The fourth-order valence-corrected chi connectivity index (χ4v) is 3.54. The van der Waals surface area contributed by atoms with Crippen LogP contribution in [0.5, 0.6) is 11.5 Å². The Bertz CT molecular complexity index is 778. The molecule has 0 spiro atoms. The maximum absolute atomic E-state index is 5.85. The Morgan fingerprint density at radius 2 is 2.11 bits per heavy atom. The van der Waals surface area contributed by atoms with Gasteiger partial charge in [-0.2, -0.15) is 0 Å². The number of thiocarbonyl (C=S) groups is 1. The van der Waals surface area contributed by atoms with Crippen LogP contribution in [-0.2, 0) is 11.3 Å². The fourth-order valence-electron chi connectivity index (χ4n) is 3.29. The van der Waals surface area contributed by atoms with Crippen molar-refractivity contribution in [3.63, 3.8) is 0 Å². The van der Waals surface area contributed by atoms with Gasteiger partial charge in [0, 0.05) is 19.7 Å². The Kier molecular flexibility index (Phi) is 7.51. The summed E-state index contributed by atoms with van der Waals surface area (Å²) in [6.07, 6.45) is 2.37. The van der Waals surface area contributed by atoms with Crippen molar-refractivity contribution in [2.75, 3.05) is 32.2 Å². The summed E-state index contributed by atoms with van der Waals surface area (Å²) < 4.78 is 16.9. The first kappa shape index (κ1) is 20.4. The lowest BCUT2D eigenvalue weighted by Gasteiger charge is -2.29.